The van der Waals surface area contributed by atoms with Gasteiger partial charge in [-0.25, -0.2) is 4.99 Å². The van der Waals surface area contributed by atoms with Crippen LogP contribution in [0.1, 0.15) is 30.4 Å². The molecule has 1 heterocycles. The zero-order chi connectivity index (χ0) is 11.9. The minimum atomic E-state index is -0.767. The van der Waals surface area contributed by atoms with Gasteiger partial charge in [0.05, 0.1) is 0 Å². The highest BCUT2D eigenvalue weighted by Crippen LogP contribution is 2.39. The van der Waals surface area contributed by atoms with Crippen molar-refractivity contribution in [3.8, 4) is 0 Å². The molecule has 4 nitrogen and oxygen atoms in total. The highest BCUT2D eigenvalue weighted by molar-refractivity contribution is 6.07. The van der Waals surface area contributed by atoms with Gasteiger partial charge in [-0.3, -0.25) is 10.1 Å². The Bertz CT molecular complexity index is 509. The van der Waals surface area contributed by atoms with E-state index in [4.69, 9.17) is 5.73 Å². The lowest BCUT2D eigenvalue weighted by Crippen LogP contribution is -2.39. The second kappa shape index (κ2) is 3.58. The first-order chi connectivity index (χ1) is 8.22. The molecular weight excluding hydrogens is 214 g/mol. The lowest BCUT2D eigenvalue weighted by atomic mass is 9.85. The van der Waals surface area contributed by atoms with E-state index in [1.807, 2.05) is 18.2 Å². The van der Waals surface area contributed by atoms with E-state index in [0.717, 1.165) is 31.2 Å². The summed E-state index contributed by atoms with van der Waals surface area (Å²) in [5.41, 5.74) is 7.13. The molecule has 0 aromatic heterocycles. The summed E-state index contributed by atoms with van der Waals surface area (Å²) >= 11 is 0. The van der Waals surface area contributed by atoms with Crippen LogP contribution in [0.2, 0.25) is 0 Å². The predicted octanol–water partition coefficient (Wildman–Crippen LogP) is 1.05. The van der Waals surface area contributed by atoms with Crippen molar-refractivity contribution in [1.82, 2.24) is 5.32 Å². The topological polar surface area (TPSA) is 67.5 Å². The summed E-state index contributed by atoms with van der Waals surface area (Å²) < 4.78 is 0. The number of aryl methyl sites for hydroxylation is 1. The number of benzene rings is 1. The maximum Gasteiger partial charge on any atom is 0.259 e. The first kappa shape index (κ1) is 10.3. The van der Waals surface area contributed by atoms with Crippen LogP contribution in [0.15, 0.2) is 29.3 Å². The van der Waals surface area contributed by atoms with Crippen LogP contribution < -0.4 is 11.1 Å². The summed E-state index contributed by atoms with van der Waals surface area (Å²) in [6.07, 6.45) is 3.86. The molecule has 4 heteroatoms. The molecule has 1 aromatic rings. The minimum Gasteiger partial charge on any atom is -0.370 e. The van der Waals surface area contributed by atoms with Crippen LogP contribution in [0, 0.1) is 0 Å². The Labute approximate surface area is 99.9 Å². The van der Waals surface area contributed by atoms with Crippen molar-refractivity contribution in [2.45, 2.75) is 31.2 Å². The van der Waals surface area contributed by atoms with E-state index in [9.17, 15) is 4.79 Å². The molecule has 2 aliphatic rings. The summed E-state index contributed by atoms with van der Waals surface area (Å²) in [6.45, 7) is 0. The molecule has 3 rings (SSSR count). The molecule has 88 valence electrons. The van der Waals surface area contributed by atoms with Gasteiger partial charge in [-0.05, 0) is 36.8 Å². The number of nitrogens with one attached hydrogen (secondary N) is 1. The number of hydrogen-bond donors (Lipinski definition) is 2. The Morgan fingerprint density at radius 2 is 2.12 bits per heavy atom. The van der Waals surface area contributed by atoms with E-state index in [2.05, 4.69) is 16.4 Å². The molecule has 1 atom stereocenters. The van der Waals surface area contributed by atoms with E-state index < -0.39 is 5.54 Å². The van der Waals surface area contributed by atoms with Gasteiger partial charge in [-0.15, -0.1) is 0 Å². The number of guanidine groups is 1. The molecule has 1 aliphatic carbocycles. The van der Waals surface area contributed by atoms with Crippen molar-refractivity contribution in [2.75, 3.05) is 0 Å². The maximum absolute atomic E-state index is 12.2. The van der Waals surface area contributed by atoms with Gasteiger partial charge < -0.3 is 5.73 Å². The van der Waals surface area contributed by atoms with Crippen LogP contribution in [0.4, 0.5) is 0 Å². The molecule has 0 saturated heterocycles. The first-order valence-electron chi connectivity index (χ1n) is 5.97. The van der Waals surface area contributed by atoms with Crippen LogP contribution in [-0.4, -0.2) is 11.9 Å². The van der Waals surface area contributed by atoms with Crippen molar-refractivity contribution >= 4 is 11.9 Å². The molecule has 1 amide bonds. The zero-order valence-corrected chi connectivity index (χ0v) is 9.57. The van der Waals surface area contributed by atoms with Gasteiger partial charge in [0.15, 0.2) is 11.5 Å². The smallest absolute Gasteiger partial charge is 0.259 e. The van der Waals surface area contributed by atoms with E-state index in [1.54, 1.807) is 0 Å². The van der Waals surface area contributed by atoms with Crippen LogP contribution >= 0.6 is 0 Å². The van der Waals surface area contributed by atoms with Crippen molar-refractivity contribution in [3.05, 3.63) is 35.4 Å². The summed E-state index contributed by atoms with van der Waals surface area (Å²) in [5, 5.41) is 2.63. The van der Waals surface area contributed by atoms with Gasteiger partial charge in [0.2, 0.25) is 0 Å². The monoisotopic (exact) mass is 229 g/mol. The number of fused-ring (bicyclic) bond motifs is 2. The summed E-state index contributed by atoms with van der Waals surface area (Å²) in [6, 6.07) is 8.06. The average Bonchev–Trinajstić information content (AvgIpc) is 2.50. The normalized spacial score (nSPS) is 27.3. The standard InChI is InChI=1S/C13H15N3O/c14-12-15-11(17)13(16-12)8-4-3-6-9-5-1-2-7-10(9)13/h1-2,5,7H,3-4,6,8H2,(H3,14,15,16,17). The van der Waals surface area contributed by atoms with Crippen LogP contribution in [0.3, 0.4) is 0 Å². The second-order valence-corrected chi connectivity index (χ2v) is 4.68. The number of nitrogens with two attached hydrogens (primary N) is 1. The molecule has 1 aromatic carbocycles. The fourth-order valence-electron chi connectivity index (χ4n) is 2.83. The SMILES string of the molecule is NC1=NC2(CCCCc3ccccc32)C(=O)N1. The van der Waals surface area contributed by atoms with Gasteiger partial charge in [0.25, 0.3) is 5.91 Å². The fourth-order valence-corrected chi connectivity index (χ4v) is 2.83. The van der Waals surface area contributed by atoms with E-state index in [1.165, 1.54) is 5.56 Å². The van der Waals surface area contributed by atoms with Crippen LogP contribution in [0.25, 0.3) is 0 Å². The van der Waals surface area contributed by atoms with Crippen molar-refractivity contribution in [3.63, 3.8) is 0 Å². The van der Waals surface area contributed by atoms with E-state index in [-0.39, 0.29) is 11.9 Å². The fraction of sp³-hybridized carbons (Fsp3) is 0.385. The van der Waals surface area contributed by atoms with Gasteiger partial charge in [-0.1, -0.05) is 24.3 Å². The van der Waals surface area contributed by atoms with Gasteiger partial charge in [0.1, 0.15) is 0 Å². The van der Waals surface area contributed by atoms with Gasteiger partial charge in [0, 0.05) is 0 Å². The summed E-state index contributed by atoms with van der Waals surface area (Å²) in [4.78, 5) is 16.6. The minimum absolute atomic E-state index is 0.0793. The lowest BCUT2D eigenvalue weighted by Gasteiger charge is -2.23. The molecule has 0 radical (unpaired) electrons. The summed E-state index contributed by atoms with van der Waals surface area (Å²) in [5.74, 6) is 0.163. The number of carbonyl (C=O) groups is 1. The highest BCUT2D eigenvalue weighted by atomic mass is 16.2. The van der Waals surface area contributed by atoms with E-state index in [0.29, 0.717) is 0 Å². The second-order valence-electron chi connectivity index (χ2n) is 4.68. The third kappa shape index (κ3) is 1.44. The average molecular weight is 229 g/mol. The maximum atomic E-state index is 12.2. The Kier molecular flexibility index (Phi) is 2.18. The lowest BCUT2D eigenvalue weighted by molar-refractivity contribution is -0.124. The van der Waals surface area contributed by atoms with E-state index >= 15 is 0 Å². The quantitative estimate of drug-likeness (QED) is 0.698. The van der Waals surface area contributed by atoms with Crippen molar-refractivity contribution < 1.29 is 4.79 Å². The molecule has 1 spiro atoms. The molecule has 3 N–H and O–H groups in total. The number of aliphatic imine (C=N–C) groups is 1. The third-order valence-electron chi connectivity index (χ3n) is 3.63. The first-order valence-corrected chi connectivity index (χ1v) is 5.97. The number of rotatable bonds is 0. The number of hydrogen-bond acceptors (Lipinski definition) is 3. The predicted molar refractivity (Wildman–Crippen MR) is 65.4 cm³/mol. The number of nitrogens with zero attached hydrogens (tertiary/aromatic N) is 1. The third-order valence-corrected chi connectivity index (χ3v) is 3.63. The molecular formula is C13H15N3O. The zero-order valence-electron chi connectivity index (χ0n) is 9.57. The van der Waals surface area contributed by atoms with Gasteiger partial charge >= 0.3 is 0 Å². The highest BCUT2D eigenvalue weighted by Gasteiger charge is 2.46. The number of amides is 1. The Morgan fingerprint density at radius 3 is 2.88 bits per heavy atom. The van der Waals surface area contributed by atoms with Crippen LogP contribution in [-0.2, 0) is 16.8 Å². The Morgan fingerprint density at radius 1 is 1.29 bits per heavy atom. The molecule has 0 fully saturated rings. The van der Waals surface area contributed by atoms with Crippen LogP contribution in [0.5, 0.6) is 0 Å². The van der Waals surface area contributed by atoms with Crippen molar-refractivity contribution in [1.29, 1.82) is 0 Å². The molecule has 1 aliphatic heterocycles. The number of carbonyl (C=O) groups excluding carboxylic acids is 1. The molecule has 0 bridgehead atoms. The Balaban J connectivity index is 2.21. The van der Waals surface area contributed by atoms with Crippen molar-refractivity contribution in [2.24, 2.45) is 10.7 Å². The van der Waals surface area contributed by atoms with Gasteiger partial charge in [-0.2, -0.15) is 0 Å². The largest absolute Gasteiger partial charge is 0.370 e. The molecule has 17 heavy (non-hydrogen) atoms. The summed E-state index contributed by atoms with van der Waals surface area (Å²) in [7, 11) is 0. The molecule has 1 unspecified atom stereocenters. The Hall–Kier alpha value is -1.84. The molecule has 0 saturated carbocycles.